The third-order valence-corrected chi connectivity index (χ3v) is 4.22. The predicted octanol–water partition coefficient (Wildman–Crippen LogP) is 2.19. The molecule has 1 saturated heterocycles. The van der Waals surface area contributed by atoms with Crippen molar-refractivity contribution in [3.05, 3.63) is 34.6 Å². The molecule has 1 aromatic rings. The van der Waals surface area contributed by atoms with Gasteiger partial charge in [0.25, 0.3) is 0 Å². The van der Waals surface area contributed by atoms with E-state index in [1.807, 2.05) is 4.90 Å². The first-order valence-corrected chi connectivity index (χ1v) is 7.83. The Labute approximate surface area is 140 Å². The fraction of sp³-hybridized carbons (Fsp3) is 0.500. The van der Waals surface area contributed by atoms with Gasteiger partial charge in [-0.2, -0.15) is 0 Å². The summed E-state index contributed by atoms with van der Waals surface area (Å²) in [6.07, 6.45) is 1.03. The zero-order valence-corrected chi connectivity index (χ0v) is 14.0. The molecule has 0 aromatic heterocycles. The molecule has 1 fully saturated rings. The van der Waals surface area contributed by atoms with E-state index >= 15 is 0 Å². The van der Waals surface area contributed by atoms with Gasteiger partial charge in [-0.1, -0.05) is 17.7 Å². The van der Waals surface area contributed by atoms with E-state index < -0.39 is 11.8 Å². The van der Waals surface area contributed by atoms with Gasteiger partial charge in [-0.15, -0.1) is 0 Å². The quantitative estimate of drug-likeness (QED) is 0.787. The van der Waals surface area contributed by atoms with E-state index in [0.29, 0.717) is 32.5 Å². The summed E-state index contributed by atoms with van der Waals surface area (Å²) in [7, 11) is 3.44. The molecule has 1 aliphatic heterocycles. The molecule has 2 rings (SSSR count). The molecule has 1 amide bonds. The van der Waals surface area contributed by atoms with Crippen molar-refractivity contribution in [1.29, 1.82) is 0 Å². The second-order valence-electron chi connectivity index (χ2n) is 5.77. The van der Waals surface area contributed by atoms with Crippen molar-refractivity contribution < 1.29 is 18.7 Å². The maximum absolute atomic E-state index is 13.4. The van der Waals surface area contributed by atoms with E-state index in [9.17, 15) is 14.0 Å². The van der Waals surface area contributed by atoms with Gasteiger partial charge in [-0.25, -0.2) is 9.18 Å². The lowest BCUT2D eigenvalue weighted by atomic mass is 10.1. The Bertz CT molecular complexity index is 587. The number of benzene rings is 1. The van der Waals surface area contributed by atoms with E-state index in [2.05, 4.69) is 0 Å². The molecule has 0 atom stereocenters. The van der Waals surface area contributed by atoms with Crippen molar-refractivity contribution >= 4 is 23.5 Å². The monoisotopic (exact) mass is 342 g/mol. The number of ether oxygens (including phenoxy) is 1. The number of nitrogens with zero attached hydrogens (tertiary/aromatic N) is 2. The summed E-state index contributed by atoms with van der Waals surface area (Å²) < 4.78 is 18.8. The lowest BCUT2D eigenvalue weighted by molar-refractivity contribution is -0.130. The third-order valence-electron chi connectivity index (χ3n) is 3.84. The molecule has 0 unspecified atom stereocenters. The number of likely N-dealkylation sites (N-methyl/N-ethyl adjacent to an activating group) is 1. The van der Waals surface area contributed by atoms with Crippen molar-refractivity contribution in [2.45, 2.75) is 18.9 Å². The van der Waals surface area contributed by atoms with Gasteiger partial charge in [-0.05, 0) is 25.0 Å². The summed E-state index contributed by atoms with van der Waals surface area (Å²) in [5.41, 5.74) is 0.0388. The van der Waals surface area contributed by atoms with Crippen LogP contribution in [0.2, 0.25) is 5.02 Å². The number of esters is 1. The van der Waals surface area contributed by atoms with E-state index in [4.69, 9.17) is 16.3 Å². The third kappa shape index (κ3) is 4.65. The van der Waals surface area contributed by atoms with Gasteiger partial charge in [0.05, 0.1) is 17.1 Å². The highest BCUT2D eigenvalue weighted by molar-refractivity contribution is 6.33. The molecule has 0 radical (unpaired) electrons. The Morgan fingerprint density at radius 3 is 2.61 bits per heavy atom. The second-order valence-corrected chi connectivity index (χ2v) is 6.15. The van der Waals surface area contributed by atoms with Crippen LogP contribution in [-0.4, -0.2) is 61.5 Å². The van der Waals surface area contributed by atoms with Crippen LogP contribution in [0.15, 0.2) is 18.2 Å². The minimum Gasteiger partial charge on any atom is -0.459 e. The minimum atomic E-state index is -0.641. The highest BCUT2D eigenvalue weighted by Gasteiger charge is 2.25. The maximum Gasteiger partial charge on any atom is 0.340 e. The smallest absolute Gasteiger partial charge is 0.340 e. The van der Waals surface area contributed by atoms with Crippen molar-refractivity contribution in [3.8, 4) is 0 Å². The molecule has 1 aliphatic rings. The Balaban J connectivity index is 1.85. The molecule has 0 bridgehead atoms. The van der Waals surface area contributed by atoms with E-state index in [1.165, 1.54) is 18.2 Å². The molecular formula is C16H20ClFN2O3. The normalized spacial score (nSPS) is 16.2. The summed E-state index contributed by atoms with van der Waals surface area (Å²) in [6, 6.07) is 4.06. The van der Waals surface area contributed by atoms with E-state index in [1.54, 1.807) is 19.0 Å². The second kappa shape index (κ2) is 7.75. The van der Waals surface area contributed by atoms with Crippen LogP contribution in [0.4, 0.5) is 4.39 Å². The molecule has 0 saturated carbocycles. The topological polar surface area (TPSA) is 49.9 Å². The van der Waals surface area contributed by atoms with Crippen LogP contribution in [0.1, 0.15) is 23.2 Å². The predicted molar refractivity (Wildman–Crippen MR) is 85.0 cm³/mol. The lowest BCUT2D eigenvalue weighted by Crippen LogP contribution is -2.43. The molecule has 126 valence electrons. The Morgan fingerprint density at radius 2 is 2.00 bits per heavy atom. The number of rotatable bonds is 4. The van der Waals surface area contributed by atoms with Crippen LogP contribution in [0.3, 0.4) is 0 Å². The van der Waals surface area contributed by atoms with Gasteiger partial charge < -0.3 is 9.64 Å². The minimum absolute atomic E-state index is 0.0388. The SMILES string of the molecule is CN(C)C(=O)CN1CCC(OC(=O)c2cccc(F)c2Cl)CC1. The Kier molecular flexibility index (Phi) is 5.96. The van der Waals surface area contributed by atoms with Gasteiger partial charge in [0, 0.05) is 27.2 Å². The van der Waals surface area contributed by atoms with Crippen LogP contribution < -0.4 is 0 Å². The zero-order valence-electron chi connectivity index (χ0n) is 13.2. The fourth-order valence-corrected chi connectivity index (χ4v) is 2.60. The first kappa shape index (κ1) is 17.7. The first-order chi connectivity index (χ1) is 10.9. The van der Waals surface area contributed by atoms with Crippen molar-refractivity contribution in [3.63, 3.8) is 0 Å². The number of amides is 1. The molecule has 7 heteroatoms. The van der Waals surface area contributed by atoms with Crippen LogP contribution in [0.5, 0.6) is 0 Å². The Morgan fingerprint density at radius 1 is 1.35 bits per heavy atom. The summed E-state index contributed by atoms with van der Waals surface area (Å²) in [5, 5.41) is -0.216. The van der Waals surface area contributed by atoms with Crippen LogP contribution in [0.25, 0.3) is 0 Å². The molecule has 0 N–H and O–H groups in total. The van der Waals surface area contributed by atoms with Gasteiger partial charge in [-0.3, -0.25) is 9.69 Å². The molecule has 5 nitrogen and oxygen atoms in total. The standard InChI is InChI=1S/C16H20ClFN2O3/c1-19(2)14(21)10-20-8-6-11(7-9-20)23-16(22)12-4-3-5-13(18)15(12)17/h3-5,11H,6-10H2,1-2H3. The molecule has 0 spiro atoms. The van der Waals surface area contributed by atoms with Gasteiger partial charge in [0.2, 0.25) is 5.91 Å². The highest BCUT2D eigenvalue weighted by atomic mass is 35.5. The number of carbonyl (C=O) groups excluding carboxylic acids is 2. The van der Waals surface area contributed by atoms with Crippen LogP contribution >= 0.6 is 11.6 Å². The summed E-state index contributed by atoms with van der Waals surface area (Å²) >= 11 is 5.79. The average Bonchev–Trinajstić information content (AvgIpc) is 2.51. The number of carbonyl (C=O) groups is 2. The molecule has 0 aliphatic carbocycles. The van der Waals surface area contributed by atoms with E-state index in [-0.39, 0.29) is 22.6 Å². The molecule has 1 aromatic carbocycles. The lowest BCUT2D eigenvalue weighted by Gasteiger charge is -2.31. The highest BCUT2D eigenvalue weighted by Crippen LogP contribution is 2.22. The van der Waals surface area contributed by atoms with Crippen molar-refractivity contribution in [2.24, 2.45) is 0 Å². The first-order valence-electron chi connectivity index (χ1n) is 7.46. The summed E-state index contributed by atoms with van der Waals surface area (Å²) in [6.45, 7) is 1.71. The Hall–Kier alpha value is -1.66. The average molecular weight is 343 g/mol. The summed E-state index contributed by atoms with van der Waals surface area (Å²) in [4.78, 5) is 27.3. The van der Waals surface area contributed by atoms with Crippen LogP contribution in [-0.2, 0) is 9.53 Å². The van der Waals surface area contributed by atoms with Gasteiger partial charge >= 0.3 is 5.97 Å². The van der Waals surface area contributed by atoms with E-state index in [0.717, 1.165) is 0 Å². The molecule has 23 heavy (non-hydrogen) atoms. The number of hydrogen-bond acceptors (Lipinski definition) is 4. The molecule has 1 heterocycles. The largest absolute Gasteiger partial charge is 0.459 e. The van der Waals surface area contributed by atoms with Crippen molar-refractivity contribution in [2.75, 3.05) is 33.7 Å². The number of piperidine rings is 1. The fourth-order valence-electron chi connectivity index (χ4n) is 2.39. The zero-order chi connectivity index (χ0) is 17.0. The van der Waals surface area contributed by atoms with Crippen LogP contribution in [0, 0.1) is 5.82 Å². The number of likely N-dealkylation sites (tertiary alicyclic amines) is 1. The number of halogens is 2. The van der Waals surface area contributed by atoms with Gasteiger partial charge in [0.15, 0.2) is 0 Å². The number of hydrogen-bond donors (Lipinski definition) is 0. The summed E-state index contributed by atoms with van der Waals surface area (Å²) in [5.74, 6) is -1.21. The van der Waals surface area contributed by atoms with Crippen molar-refractivity contribution in [1.82, 2.24) is 9.80 Å². The van der Waals surface area contributed by atoms with Gasteiger partial charge in [0.1, 0.15) is 11.9 Å². The molecular weight excluding hydrogens is 323 g/mol. The maximum atomic E-state index is 13.4.